The Bertz CT molecular complexity index is 161. The zero-order valence-electron chi connectivity index (χ0n) is 9.49. The van der Waals surface area contributed by atoms with Gasteiger partial charge >= 0.3 is 0 Å². The highest BCUT2D eigenvalue weighted by atomic mass is 32.2. The number of aliphatic hydroxyl groups is 1. The topological polar surface area (TPSA) is 32.3 Å². The molecule has 3 heteroatoms. The SMILES string of the molecule is CSC(CO)C(C)NC1CCC(C)C1. The molecule has 1 fully saturated rings. The molecule has 0 bridgehead atoms. The number of thioether (sulfide) groups is 1. The molecule has 0 heterocycles. The quantitative estimate of drug-likeness (QED) is 0.737. The smallest absolute Gasteiger partial charge is 0.0564 e. The molecule has 84 valence electrons. The van der Waals surface area contributed by atoms with E-state index in [1.807, 2.05) is 0 Å². The molecule has 4 unspecified atom stereocenters. The minimum Gasteiger partial charge on any atom is -0.395 e. The van der Waals surface area contributed by atoms with Crippen molar-refractivity contribution in [1.29, 1.82) is 0 Å². The lowest BCUT2D eigenvalue weighted by atomic mass is 10.1. The number of nitrogens with one attached hydrogen (secondary N) is 1. The van der Waals surface area contributed by atoms with Crippen LogP contribution in [-0.4, -0.2) is 35.3 Å². The molecular weight excluding hydrogens is 194 g/mol. The van der Waals surface area contributed by atoms with Gasteiger partial charge in [0.25, 0.3) is 0 Å². The fourth-order valence-electron chi connectivity index (χ4n) is 2.27. The summed E-state index contributed by atoms with van der Waals surface area (Å²) in [7, 11) is 0. The fourth-order valence-corrected chi connectivity index (χ4v) is 2.91. The van der Waals surface area contributed by atoms with Gasteiger partial charge in [-0.3, -0.25) is 0 Å². The van der Waals surface area contributed by atoms with Gasteiger partial charge in [0.1, 0.15) is 0 Å². The van der Waals surface area contributed by atoms with Gasteiger partial charge < -0.3 is 10.4 Å². The van der Waals surface area contributed by atoms with Crippen molar-refractivity contribution in [3.63, 3.8) is 0 Å². The molecule has 1 saturated carbocycles. The molecule has 1 rings (SSSR count). The first-order valence-corrected chi connectivity index (χ1v) is 6.85. The van der Waals surface area contributed by atoms with Gasteiger partial charge in [-0.05, 0) is 38.4 Å². The van der Waals surface area contributed by atoms with E-state index in [1.165, 1.54) is 19.3 Å². The van der Waals surface area contributed by atoms with Crippen LogP contribution < -0.4 is 5.32 Å². The van der Waals surface area contributed by atoms with Crippen LogP contribution in [0.15, 0.2) is 0 Å². The predicted octanol–water partition coefficient (Wildman–Crippen LogP) is 1.88. The maximum atomic E-state index is 9.16. The van der Waals surface area contributed by atoms with E-state index in [9.17, 15) is 0 Å². The Kier molecular flexibility index (Phi) is 5.28. The first-order chi connectivity index (χ1) is 6.67. The van der Waals surface area contributed by atoms with Gasteiger partial charge in [0.05, 0.1) is 6.61 Å². The molecule has 0 aromatic heterocycles. The van der Waals surface area contributed by atoms with Crippen molar-refractivity contribution in [3.05, 3.63) is 0 Å². The lowest BCUT2D eigenvalue weighted by Crippen LogP contribution is -2.42. The number of hydrogen-bond donors (Lipinski definition) is 2. The van der Waals surface area contributed by atoms with Crippen LogP contribution in [-0.2, 0) is 0 Å². The van der Waals surface area contributed by atoms with Crippen LogP contribution in [0.1, 0.15) is 33.1 Å². The van der Waals surface area contributed by atoms with E-state index in [-0.39, 0.29) is 6.61 Å². The third-order valence-electron chi connectivity index (χ3n) is 3.23. The molecule has 0 aliphatic heterocycles. The Morgan fingerprint density at radius 3 is 2.64 bits per heavy atom. The van der Waals surface area contributed by atoms with E-state index in [4.69, 9.17) is 5.11 Å². The van der Waals surface area contributed by atoms with Gasteiger partial charge in [-0.2, -0.15) is 11.8 Å². The Hall–Kier alpha value is 0.270. The molecule has 1 aliphatic rings. The summed E-state index contributed by atoms with van der Waals surface area (Å²) in [6, 6.07) is 1.10. The van der Waals surface area contributed by atoms with E-state index in [0.29, 0.717) is 17.3 Å². The molecule has 2 nitrogen and oxygen atoms in total. The van der Waals surface area contributed by atoms with Crippen LogP contribution in [0.4, 0.5) is 0 Å². The number of aliphatic hydroxyl groups excluding tert-OH is 1. The summed E-state index contributed by atoms with van der Waals surface area (Å²) in [4.78, 5) is 0. The maximum absolute atomic E-state index is 9.16. The largest absolute Gasteiger partial charge is 0.395 e. The summed E-state index contributed by atoms with van der Waals surface area (Å²) in [6.45, 7) is 4.78. The third kappa shape index (κ3) is 3.44. The zero-order chi connectivity index (χ0) is 10.6. The summed E-state index contributed by atoms with van der Waals surface area (Å²) in [5.41, 5.74) is 0. The average molecular weight is 217 g/mol. The Labute approximate surface area is 91.9 Å². The Morgan fingerprint density at radius 1 is 1.50 bits per heavy atom. The molecule has 0 spiro atoms. The van der Waals surface area contributed by atoms with Gasteiger partial charge in [0.2, 0.25) is 0 Å². The van der Waals surface area contributed by atoms with Crippen LogP contribution in [0.25, 0.3) is 0 Å². The molecule has 0 aromatic rings. The highest BCUT2D eigenvalue weighted by Crippen LogP contribution is 2.25. The lowest BCUT2D eigenvalue weighted by Gasteiger charge is -2.25. The van der Waals surface area contributed by atoms with Crippen LogP contribution in [0, 0.1) is 5.92 Å². The molecule has 0 radical (unpaired) electrons. The van der Waals surface area contributed by atoms with Crippen molar-refractivity contribution in [2.24, 2.45) is 5.92 Å². The first kappa shape index (κ1) is 12.3. The van der Waals surface area contributed by atoms with Gasteiger partial charge in [0, 0.05) is 17.3 Å². The Morgan fingerprint density at radius 2 is 2.21 bits per heavy atom. The van der Waals surface area contributed by atoms with Crippen LogP contribution in [0.2, 0.25) is 0 Å². The molecule has 0 saturated heterocycles. The van der Waals surface area contributed by atoms with Gasteiger partial charge in [-0.1, -0.05) is 6.92 Å². The van der Waals surface area contributed by atoms with Crippen molar-refractivity contribution in [1.82, 2.24) is 5.32 Å². The summed E-state index contributed by atoms with van der Waals surface area (Å²) < 4.78 is 0. The lowest BCUT2D eigenvalue weighted by molar-refractivity contribution is 0.270. The van der Waals surface area contributed by atoms with Crippen molar-refractivity contribution in [2.45, 2.75) is 50.4 Å². The van der Waals surface area contributed by atoms with E-state index >= 15 is 0 Å². The molecule has 1 aliphatic carbocycles. The molecule has 0 aromatic carbocycles. The number of hydrogen-bond acceptors (Lipinski definition) is 3. The maximum Gasteiger partial charge on any atom is 0.0564 e. The van der Waals surface area contributed by atoms with Gasteiger partial charge in [0.15, 0.2) is 0 Å². The minimum atomic E-state index is 0.275. The number of rotatable bonds is 5. The zero-order valence-corrected chi connectivity index (χ0v) is 10.3. The van der Waals surface area contributed by atoms with Gasteiger partial charge in [-0.25, -0.2) is 0 Å². The van der Waals surface area contributed by atoms with Crippen LogP contribution in [0.5, 0.6) is 0 Å². The van der Waals surface area contributed by atoms with Crippen molar-refractivity contribution >= 4 is 11.8 Å². The Balaban J connectivity index is 2.28. The normalized spacial score (nSPS) is 31.7. The molecule has 14 heavy (non-hydrogen) atoms. The molecule has 0 amide bonds. The first-order valence-electron chi connectivity index (χ1n) is 5.57. The van der Waals surface area contributed by atoms with Gasteiger partial charge in [-0.15, -0.1) is 0 Å². The van der Waals surface area contributed by atoms with Crippen molar-refractivity contribution in [3.8, 4) is 0 Å². The van der Waals surface area contributed by atoms with Crippen molar-refractivity contribution < 1.29 is 5.11 Å². The second-order valence-corrected chi connectivity index (χ2v) is 5.60. The third-order valence-corrected chi connectivity index (χ3v) is 4.40. The van der Waals surface area contributed by atoms with E-state index in [2.05, 4.69) is 25.4 Å². The monoisotopic (exact) mass is 217 g/mol. The molecule has 4 atom stereocenters. The molecule has 2 N–H and O–H groups in total. The summed E-state index contributed by atoms with van der Waals surface area (Å²) in [5.74, 6) is 0.876. The van der Waals surface area contributed by atoms with E-state index in [0.717, 1.165) is 5.92 Å². The highest BCUT2D eigenvalue weighted by Gasteiger charge is 2.24. The predicted molar refractivity (Wildman–Crippen MR) is 63.8 cm³/mol. The standard InChI is InChI=1S/C11H23NOS/c1-8-4-5-10(6-8)12-9(2)11(7-13)14-3/h8-13H,4-7H2,1-3H3. The summed E-state index contributed by atoms with van der Waals surface area (Å²) >= 11 is 1.75. The van der Waals surface area contributed by atoms with E-state index < -0.39 is 0 Å². The van der Waals surface area contributed by atoms with Crippen molar-refractivity contribution in [2.75, 3.05) is 12.9 Å². The fraction of sp³-hybridized carbons (Fsp3) is 1.00. The minimum absolute atomic E-state index is 0.275. The van der Waals surface area contributed by atoms with E-state index in [1.54, 1.807) is 11.8 Å². The van der Waals surface area contributed by atoms with Crippen LogP contribution >= 0.6 is 11.8 Å². The summed E-state index contributed by atoms with van der Waals surface area (Å²) in [6.07, 6.45) is 6.03. The average Bonchev–Trinajstić information content (AvgIpc) is 2.53. The second-order valence-electron chi connectivity index (χ2n) is 4.53. The molecular formula is C11H23NOS. The second kappa shape index (κ2) is 5.99. The summed E-state index contributed by atoms with van der Waals surface area (Å²) in [5, 5.41) is 13.1. The highest BCUT2D eigenvalue weighted by molar-refractivity contribution is 7.99. The van der Waals surface area contributed by atoms with Crippen LogP contribution in [0.3, 0.4) is 0 Å².